The minimum Gasteiger partial charge on any atom is -0.469 e. The van der Waals surface area contributed by atoms with E-state index in [0.29, 0.717) is 17.7 Å². The Bertz CT molecular complexity index is 731. The predicted octanol–water partition coefficient (Wildman–Crippen LogP) is 2.71. The third-order valence-corrected chi connectivity index (χ3v) is 3.28. The molecule has 3 aromatic rings. The lowest BCUT2D eigenvalue weighted by Crippen LogP contribution is -2.35. The molecule has 3 rings (SSSR count). The number of hydrogen-bond donors (Lipinski definition) is 1. The summed E-state index contributed by atoms with van der Waals surface area (Å²) in [4.78, 5) is 12.1. The standard InChI is InChI=1S/C16H16N2O3/c1-11(9-12-5-4-8-20-12)17-16(19)10-14-13-6-2-3-7-15(13)21-18-14/h2-8,11H,9-10H2,1H3,(H,17,19). The number of para-hydroxylation sites is 1. The van der Waals surface area contributed by atoms with Crippen molar-refractivity contribution in [2.75, 3.05) is 0 Å². The van der Waals surface area contributed by atoms with Crippen LogP contribution in [0.25, 0.3) is 11.0 Å². The second-order valence-electron chi connectivity index (χ2n) is 5.05. The van der Waals surface area contributed by atoms with Crippen LogP contribution in [-0.4, -0.2) is 17.1 Å². The molecular weight excluding hydrogens is 268 g/mol. The molecule has 0 fully saturated rings. The van der Waals surface area contributed by atoms with Crippen LogP contribution < -0.4 is 5.32 Å². The minimum absolute atomic E-state index is 0.00168. The zero-order valence-electron chi connectivity index (χ0n) is 11.7. The van der Waals surface area contributed by atoms with E-state index < -0.39 is 0 Å². The zero-order valence-corrected chi connectivity index (χ0v) is 11.7. The molecule has 0 aliphatic rings. The summed E-state index contributed by atoms with van der Waals surface area (Å²) < 4.78 is 10.5. The topological polar surface area (TPSA) is 68.3 Å². The van der Waals surface area contributed by atoms with Crippen LogP contribution in [0, 0.1) is 0 Å². The Labute approximate surface area is 121 Å². The van der Waals surface area contributed by atoms with Gasteiger partial charge in [0.1, 0.15) is 11.5 Å². The van der Waals surface area contributed by atoms with Gasteiger partial charge in [-0.05, 0) is 31.2 Å². The Balaban J connectivity index is 1.61. The number of furan rings is 1. The molecule has 0 aliphatic carbocycles. The molecular formula is C16H16N2O3. The highest BCUT2D eigenvalue weighted by Gasteiger charge is 2.14. The van der Waals surface area contributed by atoms with Gasteiger partial charge in [0.05, 0.1) is 12.7 Å². The van der Waals surface area contributed by atoms with Crippen molar-refractivity contribution in [1.82, 2.24) is 10.5 Å². The molecule has 108 valence electrons. The first-order valence-electron chi connectivity index (χ1n) is 6.87. The Hall–Kier alpha value is -2.56. The van der Waals surface area contributed by atoms with Crippen molar-refractivity contribution >= 4 is 16.9 Å². The molecule has 1 N–H and O–H groups in total. The van der Waals surface area contributed by atoms with E-state index in [-0.39, 0.29) is 18.4 Å². The quantitative estimate of drug-likeness (QED) is 0.782. The maximum absolute atomic E-state index is 12.1. The van der Waals surface area contributed by atoms with Crippen molar-refractivity contribution in [2.45, 2.75) is 25.8 Å². The van der Waals surface area contributed by atoms with Crippen LogP contribution in [0.4, 0.5) is 0 Å². The smallest absolute Gasteiger partial charge is 0.226 e. The molecule has 5 nitrogen and oxygen atoms in total. The van der Waals surface area contributed by atoms with Crippen LogP contribution >= 0.6 is 0 Å². The monoisotopic (exact) mass is 284 g/mol. The average molecular weight is 284 g/mol. The van der Waals surface area contributed by atoms with E-state index >= 15 is 0 Å². The van der Waals surface area contributed by atoms with E-state index in [2.05, 4.69) is 10.5 Å². The van der Waals surface area contributed by atoms with Gasteiger partial charge in [-0.15, -0.1) is 0 Å². The fourth-order valence-electron chi connectivity index (χ4n) is 2.33. The number of fused-ring (bicyclic) bond motifs is 1. The van der Waals surface area contributed by atoms with Crippen molar-refractivity contribution in [3.8, 4) is 0 Å². The van der Waals surface area contributed by atoms with Gasteiger partial charge in [0.25, 0.3) is 0 Å². The summed E-state index contributed by atoms with van der Waals surface area (Å²) in [5.74, 6) is 0.780. The molecule has 1 aromatic carbocycles. The third kappa shape index (κ3) is 3.13. The van der Waals surface area contributed by atoms with Crippen molar-refractivity contribution < 1.29 is 13.7 Å². The molecule has 1 amide bonds. The van der Waals surface area contributed by atoms with E-state index in [0.717, 1.165) is 11.1 Å². The van der Waals surface area contributed by atoms with Gasteiger partial charge in [0, 0.05) is 17.8 Å². The molecule has 1 unspecified atom stereocenters. The minimum atomic E-state index is -0.0758. The number of carbonyl (C=O) groups is 1. The molecule has 0 bridgehead atoms. The van der Waals surface area contributed by atoms with E-state index in [4.69, 9.17) is 8.94 Å². The molecule has 0 spiro atoms. The highest BCUT2D eigenvalue weighted by Crippen LogP contribution is 2.18. The summed E-state index contributed by atoms with van der Waals surface area (Å²) >= 11 is 0. The Kier molecular flexibility index (Phi) is 3.73. The number of rotatable bonds is 5. The van der Waals surface area contributed by atoms with E-state index in [9.17, 15) is 4.79 Å². The summed E-state index contributed by atoms with van der Waals surface area (Å²) in [5.41, 5.74) is 1.36. The molecule has 2 aromatic heterocycles. The second-order valence-corrected chi connectivity index (χ2v) is 5.05. The lowest BCUT2D eigenvalue weighted by molar-refractivity contribution is -0.121. The maximum atomic E-state index is 12.1. The third-order valence-electron chi connectivity index (χ3n) is 3.28. The van der Waals surface area contributed by atoms with Gasteiger partial charge in [-0.3, -0.25) is 4.79 Å². The number of nitrogens with zero attached hydrogens (tertiary/aromatic N) is 1. The van der Waals surface area contributed by atoms with Gasteiger partial charge in [-0.2, -0.15) is 0 Å². The lowest BCUT2D eigenvalue weighted by Gasteiger charge is -2.11. The van der Waals surface area contributed by atoms with Crippen LogP contribution in [0.1, 0.15) is 18.4 Å². The summed E-state index contributed by atoms with van der Waals surface area (Å²) in [6.07, 6.45) is 2.50. The largest absolute Gasteiger partial charge is 0.469 e. The predicted molar refractivity (Wildman–Crippen MR) is 77.7 cm³/mol. The number of nitrogens with one attached hydrogen (secondary N) is 1. The van der Waals surface area contributed by atoms with Crippen LogP contribution in [0.5, 0.6) is 0 Å². The molecule has 0 saturated heterocycles. The normalized spacial score (nSPS) is 12.4. The van der Waals surface area contributed by atoms with Gasteiger partial charge < -0.3 is 14.3 Å². The van der Waals surface area contributed by atoms with Gasteiger partial charge in [0.2, 0.25) is 5.91 Å². The number of benzene rings is 1. The van der Waals surface area contributed by atoms with E-state index in [1.165, 1.54) is 0 Å². The van der Waals surface area contributed by atoms with Gasteiger partial charge in [-0.1, -0.05) is 17.3 Å². The fraction of sp³-hybridized carbons (Fsp3) is 0.250. The molecule has 1 atom stereocenters. The van der Waals surface area contributed by atoms with Crippen molar-refractivity contribution in [2.24, 2.45) is 0 Å². The van der Waals surface area contributed by atoms with Crippen LogP contribution in [-0.2, 0) is 17.6 Å². The first-order chi connectivity index (χ1) is 10.2. The highest BCUT2D eigenvalue weighted by molar-refractivity contribution is 5.86. The number of hydrogen-bond acceptors (Lipinski definition) is 4. The van der Waals surface area contributed by atoms with Crippen LogP contribution in [0.3, 0.4) is 0 Å². The zero-order chi connectivity index (χ0) is 14.7. The van der Waals surface area contributed by atoms with E-state index in [1.807, 2.05) is 43.3 Å². The number of amides is 1. The molecule has 0 radical (unpaired) electrons. The van der Waals surface area contributed by atoms with Gasteiger partial charge >= 0.3 is 0 Å². The maximum Gasteiger partial charge on any atom is 0.226 e. The van der Waals surface area contributed by atoms with Crippen molar-refractivity contribution in [3.63, 3.8) is 0 Å². The summed E-state index contributed by atoms with van der Waals surface area (Å²) in [6.45, 7) is 1.95. The molecule has 5 heteroatoms. The summed E-state index contributed by atoms with van der Waals surface area (Å²) in [7, 11) is 0. The summed E-state index contributed by atoms with van der Waals surface area (Å²) in [5, 5.41) is 7.79. The highest BCUT2D eigenvalue weighted by atomic mass is 16.5. The summed E-state index contributed by atoms with van der Waals surface area (Å²) in [6, 6.07) is 11.3. The van der Waals surface area contributed by atoms with Crippen molar-refractivity contribution in [3.05, 3.63) is 54.1 Å². The van der Waals surface area contributed by atoms with Crippen LogP contribution in [0.2, 0.25) is 0 Å². The second kappa shape index (κ2) is 5.83. The first kappa shape index (κ1) is 13.4. The number of aromatic nitrogens is 1. The fourth-order valence-corrected chi connectivity index (χ4v) is 2.33. The Morgan fingerprint density at radius 2 is 2.14 bits per heavy atom. The van der Waals surface area contributed by atoms with Crippen LogP contribution in [0.15, 0.2) is 51.6 Å². The Morgan fingerprint density at radius 1 is 1.29 bits per heavy atom. The van der Waals surface area contributed by atoms with Gasteiger partial charge in [-0.25, -0.2) is 0 Å². The molecule has 0 saturated carbocycles. The molecule has 0 aliphatic heterocycles. The SMILES string of the molecule is CC(Cc1ccco1)NC(=O)Cc1noc2ccccc12. The molecule has 2 heterocycles. The average Bonchev–Trinajstić information content (AvgIpc) is 3.09. The van der Waals surface area contributed by atoms with Gasteiger partial charge in [0.15, 0.2) is 5.58 Å². The first-order valence-corrected chi connectivity index (χ1v) is 6.87. The lowest BCUT2D eigenvalue weighted by atomic mass is 10.1. The Morgan fingerprint density at radius 3 is 2.95 bits per heavy atom. The van der Waals surface area contributed by atoms with Crippen molar-refractivity contribution in [1.29, 1.82) is 0 Å². The number of carbonyl (C=O) groups excluding carboxylic acids is 1. The molecule has 21 heavy (non-hydrogen) atoms. The van der Waals surface area contributed by atoms with E-state index in [1.54, 1.807) is 6.26 Å².